The number of hydrogen-bond donors (Lipinski definition) is 1. The number of carbonyl (C=O) groups excluding carboxylic acids is 2. The van der Waals surface area contributed by atoms with Crippen LogP contribution in [0, 0.1) is 6.92 Å². The highest BCUT2D eigenvalue weighted by Crippen LogP contribution is 2.22. The van der Waals surface area contributed by atoms with Crippen LogP contribution >= 0.6 is 23.5 Å². The Labute approximate surface area is 174 Å². The molecule has 0 aliphatic heterocycles. The van der Waals surface area contributed by atoms with Gasteiger partial charge in [0.25, 0.3) is 0 Å². The van der Waals surface area contributed by atoms with Crippen molar-refractivity contribution in [2.45, 2.75) is 55.3 Å². The van der Waals surface area contributed by atoms with Gasteiger partial charge in [-0.2, -0.15) is 0 Å². The maximum absolute atomic E-state index is 12.3. The van der Waals surface area contributed by atoms with Crippen LogP contribution in [0.25, 0.3) is 0 Å². The number of Topliss-reactive ketones (excluding diaryl/α,β-unsaturated/α-hetero) is 1. The highest BCUT2D eigenvalue weighted by atomic mass is 32.2. The van der Waals surface area contributed by atoms with Crippen LogP contribution in [-0.2, 0) is 4.79 Å². The normalized spacial score (nSPS) is 14.6. The molecule has 1 aromatic carbocycles. The predicted octanol–water partition coefficient (Wildman–Crippen LogP) is 4.30. The van der Waals surface area contributed by atoms with E-state index in [0.717, 1.165) is 23.6 Å². The SMILES string of the molecule is Cc1cc(SCC(=O)NC2CCCCC2)nc(SCC(=O)c2ccccc2)n1. The lowest BCUT2D eigenvalue weighted by Gasteiger charge is -2.22. The molecule has 0 radical (unpaired) electrons. The first-order valence-corrected chi connectivity index (χ1v) is 11.6. The minimum atomic E-state index is 0.0526. The van der Waals surface area contributed by atoms with Crippen LogP contribution in [0.2, 0.25) is 0 Å². The molecule has 1 aliphatic rings. The molecule has 0 atom stereocenters. The third kappa shape index (κ3) is 6.63. The molecule has 1 heterocycles. The monoisotopic (exact) mass is 415 g/mol. The molecule has 1 aromatic heterocycles. The van der Waals surface area contributed by atoms with Crippen LogP contribution in [-0.4, -0.2) is 39.2 Å². The number of aromatic nitrogens is 2. The summed E-state index contributed by atoms with van der Waals surface area (Å²) in [6.45, 7) is 1.90. The molecule has 5 nitrogen and oxygen atoms in total. The van der Waals surface area contributed by atoms with Crippen molar-refractivity contribution in [3.8, 4) is 0 Å². The van der Waals surface area contributed by atoms with Crippen molar-refractivity contribution < 1.29 is 9.59 Å². The third-order valence-electron chi connectivity index (χ3n) is 4.56. The van der Waals surface area contributed by atoms with E-state index < -0.39 is 0 Å². The van der Waals surface area contributed by atoms with E-state index in [0.29, 0.717) is 28.3 Å². The molecule has 2 aromatic rings. The summed E-state index contributed by atoms with van der Waals surface area (Å²) in [7, 11) is 0. The van der Waals surface area contributed by atoms with E-state index in [9.17, 15) is 9.59 Å². The second-order valence-corrected chi connectivity index (χ2v) is 8.84. The van der Waals surface area contributed by atoms with Gasteiger partial charge in [-0.05, 0) is 25.8 Å². The van der Waals surface area contributed by atoms with E-state index in [4.69, 9.17) is 0 Å². The lowest BCUT2D eigenvalue weighted by molar-refractivity contribution is -0.119. The van der Waals surface area contributed by atoms with Gasteiger partial charge in [0.1, 0.15) is 5.03 Å². The van der Waals surface area contributed by atoms with Gasteiger partial charge in [-0.1, -0.05) is 73.1 Å². The minimum absolute atomic E-state index is 0.0526. The Morgan fingerprint density at radius 3 is 2.54 bits per heavy atom. The Balaban J connectivity index is 1.51. The van der Waals surface area contributed by atoms with Crippen LogP contribution in [0.5, 0.6) is 0 Å². The molecule has 1 N–H and O–H groups in total. The zero-order valence-electron chi connectivity index (χ0n) is 16.0. The number of thioether (sulfide) groups is 2. The number of nitrogens with one attached hydrogen (secondary N) is 1. The summed E-state index contributed by atoms with van der Waals surface area (Å²) in [5, 5.41) is 4.46. The number of rotatable bonds is 8. The fourth-order valence-corrected chi connectivity index (χ4v) is 4.77. The molecule has 0 spiro atoms. The molecule has 28 heavy (non-hydrogen) atoms. The predicted molar refractivity (Wildman–Crippen MR) is 114 cm³/mol. The van der Waals surface area contributed by atoms with Gasteiger partial charge in [0.2, 0.25) is 5.91 Å². The first-order chi connectivity index (χ1) is 13.6. The number of nitrogens with zero attached hydrogens (tertiary/aromatic N) is 2. The van der Waals surface area contributed by atoms with Gasteiger partial charge >= 0.3 is 0 Å². The molecule has 148 valence electrons. The Morgan fingerprint density at radius 2 is 1.79 bits per heavy atom. The summed E-state index contributed by atoms with van der Waals surface area (Å²) in [4.78, 5) is 33.4. The maximum atomic E-state index is 12.3. The largest absolute Gasteiger partial charge is 0.353 e. The van der Waals surface area contributed by atoms with E-state index in [1.165, 1.54) is 42.8 Å². The Hall–Kier alpha value is -1.86. The number of benzene rings is 1. The molecule has 0 bridgehead atoms. The maximum Gasteiger partial charge on any atom is 0.230 e. The fourth-order valence-electron chi connectivity index (χ4n) is 3.15. The zero-order chi connectivity index (χ0) is 19.8. The molecule has 0 unspecified atom stereocenters. The quantitative estimate of drug-likeness (QED) is 0.300. The highest BCUT2D eigenvalue weighted by Gasteiger charge is 2.16. The van der Waals surface area contributed by atoms with Gasteiger partial charge in [0.15, 0.2) is 10.9 Å². The first-order valence-electron chi connectivity index (χ1n) is 9.59. The summed E-state index contributed by atoms with van der Waals surface area (Å²) >= 11 is 2.74. The molecule has 0 saturated heterocycles. The summed E-state index contributed by atoms with van der Waals surface area (Å²) in [5.74, 6) is 0.748. The van der Waals surface area contributed by atoms with E-state index in [1.54, 1.807) is 0 Å². The van der Waals surface area contributed by atoms with E-state index in [-0.39, 0.29) is 11.7 Å². The molecule has 3 rings (SSSR count). The van der Waals surface area contributed by atoms with Crippen LogP contribution in [0.15, 0.2) is 46.6 Å². The Kier molecular flexibility index (Phi) is 7.91. The summed E-state index contributed by atoms with van der Waals surface area (Å²) in [6, 6.07) is 11.4. The average Bonchev–Trinajstić information content (AvgIpc) is 2.71. The summed E-state index contributed by atoms with van der Waals surface area (Å²) in [6.07, 6.45) is 5.84. The fraction of sp³-hybridized carbons (Fsp3) is 0.429. The molecule has 7 heteroatoms. The van der Waals surface area contributed by atoms with Crippen molar-refractivity contribution in [3.63, 3.8) is 0 Å². The number of ketones is 1. The number of amides is 1. The Bertz CT molecular complexity index is 809. The lowest BCUT2D eigenvalue weighted by Crippen LogP contribution is -2.37. The topological polar surface area (TPSA) is 72.0 Å². The highest BCUT2D eigenvalue weighted by molar-refractivity contribution is 8.00. The molecule has 1 fully saturated rings. The van der Waals surface area contributed by atoms with Crippen molar-refractivity contribution >= 4 is 35.2 Å². The standard InChI is InChI=1S/C21H25N3O2S2/c1-15-12-20(27-14-19(26)23-17-10-6-3-7-11-17)24-21(22-15)28-13-18(25)16-8-4-2-5-9-16/h2,4-5,8-9,12,17H,3,6-7,10-11,13-14H2,1H3,(H,23,26). The molecule has 1 aliphatic carbocycles. The lowest BCUT2D eigenvalue weighted by atomic mass is 9.95. The molecular weight excluding hydrogens is 390 g/mol. The smallest absolute Gasteiger partial charge is 0.230 e. The first kappa shape index (κ1) is 20.9. The van der Waals surface area contributed by atoms with Crippen molar-refractivity contribution in [1.29, 1.82) is 0 Å². The van der Waals surface area contributed by atoms with Crippen molar-refractivity contribution in [3.05, 3.63) is 47.7 Å². The van der Waals surface area contributed by atoms with Gasteiger partial charge in [-0.25, -0.2) is 9.97 Å². The van der Waals surface area contributed by atoms with E-state index in [2.05, 4.69) is 15.3 Å². The van der Waals surface area contributed by atoms with Gasteiger partial charge in [-0.3, -0.25) is 9.59 Å². The number of hydrogen-bond acceptors (Lipinski definition) is 6. The number of carbonyl (C=O) groups is 2. The van der Waals surface area contributed by atoms with Crippen LogP contribution in [0.3, 0.4) is 0 Å². The molecule has 1 amide bonds. The molecular formula is C21H25N3O2S2. The van der Waals surface area contributed by atoms with E-state index >= 15 is 0 Å². The van der Waals surface area contributed by atoms with Gasteiger partial charge < -0.3 is 5.32 Å². The van der Waals surface area contributed by atoms with Crippen molar-refractivity contribution in [1.82, 2.24) is 15.3 Å². The van der Waals surface area contributed by atoms with Crippen molar-refractivity contribution in [2.75, 3.05) is 11.5 Å². The average molecular weight is 416 g/mol. The summed E-state index contributed by atoms with van der Waals surface area (Å²) in [5.41, 5.74) is 1.52. The summed E-state index contributed by atoms with van der Waals surface area (Å²) < 4.78 is 0. The van der Waals surface area contributed by atoms with Gasteiger partial charge in [0, 0.05) is 17.3 Å². The second kappa shape index (κ2) is 10.6. The number of aryl methyl sites for hydroxylation is 1. The zero-order valence-corrected chi connectivity index (χ0v) is 17.7. The van der Waals surface area contributed by atoms with Crippen LogP contribution in [0.1, 0.15) is 48.2 Å². The minimum Gasteiger partial charge on any atom is -0.353 e. The van der Waals surface area contributed by atoms with E-state index in [1.807, 2.05) is 43.3 Å². The van der Waals surface area contributed by atoms with Crippen molar-refractivity contribution in [2.24, 2.45) is 0 Å². The second-order valence-electron chi connectivity index (χ2n) is 6.90. The Morgan fingerprint density at radius 1 is 1.04 bits per heavy atom. The van der Waals surface area contributed by atoms with Gasteiger partial charge in [0.05, 0.1) is 11.5 Å². The molecule has 1 saturated carbocycles. The third-order valence-corrected chi connectivity index (χ3v) is 6.32. The van der Waals surface area contributed by atoms with Crippen LogP contribution < -0.4 is 5.32 Å². The van der Waals surface area contributed by atoms with Gasteiger partial charge in [-0.15, -0.1) is 0 Å². The van der Waals surface area contributed by atoms with Crippen LogP contribution in [0.4, 0.5) is 0 Å².